The van der Waals surface area contributed by atoms with Gasteiger partial charge in [0.25, 0.3) is 0 Å². The first-order chi connectivity index (χ1) is 7.31. The summed E-state index contributed by atoms with van der Waals surface area (Å²) in [5.41, 5.74) is 2.66. The molecule has 0 atom stereocenters. The molecule has 0 amide bonds. The molecule has 1 aliphatic heterocycles. The summed E-state index contributed by atoms with van der Waals surface area (Å²) < 4.78 is 7.73. The molecule has 0 aliphatic carbocycles. The lowest BCUT2D eigenvalue weighted by molar-refractivity contribution is 0.102. The lowest BCUT2D eigenvalue weighted by atomic mass is 9.87. The van der Waals surface area contributed by atoms with Crippen molar-refractivity contribution in [2.45, 2.75) is 52.0 Å². The molecule has 1 aromatic heterocycles. The fraction of sp³-hybridized carbons (Fsp3) is 0.769. The maximum Gasteiger partial charge on any atom is 0.0681 e. The van der Waals surface area contributed by atoms with Gasteiger partial charge in [0.05, 0.1) is 25.5 Å². The molecule has 3 nitrogen and oxygen atoms in total. The quantitative estimate of drug-likeness (QED) is 0.674. The van der Waals surface area contributed by atoms with Crippen LogP contribution in [0.15, 0.2) is 6.07 Å². The topological polar surface area (TPSA) is 27.1 Å². The average Bonchev–Trinajstić information content (AvgIpc) is 2.51. The standard InChI is InChI=1S/C13H22N2O/c1-12(2,3)10-8-11-13(4,5)9-16-7-6-15(11)14-10/h8H,6-7,9H2,1-5H3. The summed E-state index contributed by atoms with van der Waals surface area (Å²) in [6.45, 7) is 13.5. The minimum atomic E-state index is 0.0625. The van der Waals surface area contributed by atoms with E-state index in [0.29, 0.717) is 0 Å². The summed E-state index contributed by atoms with van der Waals surface area (Å²) in [6, 6.07) is 2.24. The molecule has 1 aliphatic rings. The van der Waals surface area contributed by atoms with Crippen LogP contribution in [0.5, 0.6) is 0 Å². The Bertz CT molecular complexity index is 385. The van der Waals surface area contributed by atoms with Gasteiger partial charge in [0, 0.05) is 16.5 Å². The van der Waals surface area contributed by atoms with Crippen LogP contribution in [0.3, 0.4) is 0 Å². The minimum Gasteiger partial charge on any atom is -0.379 e. The highest BCUT2D eigenvalue weighted by Gasteiger charge is 2.30. The Balaban J connectivity index is 2.46. The van der Waals surface area contributed by atoms with Crippen LogP contribution in [-0.2, 0) is 22.1 Å². The van der Waals surface area contributed by atoms with Crippen LogP contribution in [0.25, 0.3) is 0 Å². The van der Waals surface area contributed by atoms with E-state index in [1.165, 1.54) is 11.4 Å². The molecule has 90 valence electrons. The monoisotopic (exact) mass is 222 g/mol. The van der Waals surface area contributed by atoms with E-state index in [-0.39, 0.29) is 10.8 Å². The molecule has 2 rings (SSSR count). The van der Waals surface area contributed by atoms with Crippen molar-refractivity contribution in [1.29, 1.82) is 0 Å². The predicted molar refractivity (Wildman–Crippen MR) is 64.8 cm³/mol. The van der Waals surface area contributed by atoms with Gasteiger partial charge in [-0.2, -0.15) is 5.10 Å². The Morgan fingerprint density at radius 1 is 1.38 bits per heavy atom. The molecule has 0 radical (unpaired) electrons. The fourth-order valence-electron chi connectivity index (χ4n) is 2.05. The van der Waals surface area contributed by atoms with E-state index < -0.39 is 0 Å². The Morgan fingerprint density at radius 2 is 2.06 bits per heavy atom. The lowest BCUT2D eigenvalue weighted by Gasteiger charge is -2.21. The Kier molecular flexibility index (Phi) is 2.61. The number of nitrogens with zero attached hydrogens (tertiary/aromatic N) is 2. The van der Waals surface area contributed by atoms with Gasteiger partial charge in [-0.25, -0.2) is 0 Å². The van der Waals surface area contributed by atoms with E-state index in [0.717, 1.165) is 19.8 Å². The second-order valence-corrected chi connectivity index (χ2v) is 6.32. The first-order valence-corrected chi connectivity index (χ1v) is 5.97. The second-order valence-electron chi connectivity index (χ2n) is 6.32. The molecule has 0 saturated carbocycles. The third-order valence-electron chi connectivity index (χ3n) is 3.15. The lowest BCUT2D eigenvalue weighted by Crippen LogP contribution is -2.24. The van der Waals surface area contributed by atoms with Crippen molar-refractivity contribution >= 4 is 0 Å². The van der Waals surface area contributed by atoms with Gasteiger partial charge in [-0.15, -0.1) is 0 Å². The number of ether oxygens (including phenoxy) is 1. The van der Waals surface area contributed by atoms with Crippen molar-refractivity contribution in [3.63, 3.8) is 0 Å². The van der Waals surface area contributed by atoms with Gasteiger partial charge >= 0.3 is 0 Å². The molecule has 0 bridgehead atoms. The smallest absolute Gasteiger partial charge is 0.0681 e. The number of hydrogen-bond acceptors (Lipinski definition) is 2. The number of rotatable bonds is 0. The highest BCUT2D eigenvalue weighted by molar-refractivity contribution is 5.24. The van der Waals surface area contributed by atoms with Crippen LogP contribution in [-0.4, -0.2) is 23.0 Å². The zero-order valence-corrected chi connectivity index (χ0v) is 11.0. The van der Waals surface area contributed by atoms with Crippen LogP contribution in [0, 0.1) is 0 Å². The molecular weight excluding hydrogens is 200 g/mol. The first kappa shape index (κ1) is 11.6. The summed E-state index contributed by atoms with van der Waals surface area (Å²) in [6.07, 6.45) is 0. The van der Waals surface area contributed by atoms with E-state index in [9.17, 15) is 0 Å². The average molecular weight is 222 g/mol. The first-order valence-electron chi connectivity index (χ1n) is 5.97. The zero-order valence-electron chi connectivity index (χ0n) is 11.0. The minimum absolute atomic E-state index is 0.0625. The van der Waals surface area contributed by atoms with Crippen molar-refractivity contribution in [2.75, 3.05) is 13.2 Å². The van der Waals surface area contributed by atoms with E-state index in [1.807, 2.05) is 0 Å². The van der Waals surface area contributed by atoms with Gasteiger partial charge in [0.2, 0.25) is 0 Å². The molecule has 1 aromatic rings. The summed E-state index contributed by atoms with van der Waals surface area (Å²) in [5.74, 6) is 0. The highest BCUT2D eigenvalue weighted by atomic mass is 16.5. The van der Waals surface area contributed by atoms with Gasteiger partial charge < -0.3 is 4.74 Å². The van der Waals surface area contributed by atoms with E-state index >= 15 is 0 Å². The summed E-state index contributed by atoms with van der Waals surface area (Å²) in [4.78, 5) is 0. The maximum absolute atomic E-state index is 5.62. The van der Waals surface area contributed by atoms with Crippen LogP contribution in [0.1, 0.15) is 46.0 Å². The summed E-state index contributed by atoms with van der Waals surface area (Å²) in [7, 11) is 0. The summed E-state index contributed by atoms with van der Waals surface area (Å²) in [5, 5.41) is 4.71. The second kappa shape index (κ2) is 3.59. The predicted octanol–water partition coefficient (Wildman–Crippen LogP) is 2.49. The van der Waals surface area contributed by atoms with Crippen LogP contribution < -0.4 is 0 Å². The Labute approximate surface area is 97.8 Å². The van der Waals surface area contributed by atoms with Gasteiger partial charge in [0.1, 0.15) is 0 Å². The van der Waals surface area contributed by atoms with Gasteiger partial charge in [-0.3, -0.25) is 4.68 Å². The number of hydrogen-bond donors (Lipinski definition) is 0. The van der Waals surface area contributed by atoms with Crippen molar-refractivity contribution in [3.05, 3.63) is 17.5 Å². The highest BCUT2D eigenvalue weighted by Crippen LogP contribution is 2.30. The molecular formula is C13H22N2O. The molecule has 0 N–H and O–H groups in total. The maximum atomic E-state index is 5.62. The fourth-order valence-corrected chi connectivity index (χ4v) is 2.05. The molecule has 2 heterocycles. The third kappa shape index (κ3) is 2.01. The van der Waals surface area contributed by atoms with E-state index in [1.54, 1.807) is 0 Å². The van der Waals surface area contributed by atoms with Crippen molar-refractivity contribution in [3.8, 4) is 0 Å². The molecule has 0 fully saturated rings. The molecule has 0 aromatic carbocycles. The van der Waals surface area contributed by atoms with Gasteiger partial charge in [-0.1, -0.05) is 34.6 Å². The molecule has 16 heavy (non-hydrogen) atoms. The third-order valence-corrected chi connectivity index (χ3v) is 3.15. The molecule has 0 saturated heterocycles. The van der Waals surface area contributed by atoms with Crippen LogP contribution >= 0.6 is 0 Å². The van der Waals surface area contributed by atoms with Crippen molar-refractivity contribution in [1.82, 2.24) is 9.78 Å². The largest absolute Gasteiger partial charge is 0.379 e. The molecule has 0 unspecified atom stereocenters. The van der Waals surface area contributed by atoms with E-state index in [2.05, 4.69) is 45.4 Å². The van der Waals surface area contributed by atoms with E-state index in [4.69, 9.17) is 9.84 Å². The zero-order chi connectivity index (χ0) is 12.0. The van der Waals surface area contributed by atoms with Gasteiger partial charge in [-0.05, 0) is 6.07 Å². The van der Waals surface area contributed by atoms with Crippen molar-refractivity contribution < 1.29 is 4.74 Å². The number of fused-ring (bicyclic) bond motifs is 1. The Hall–Kier alpha value is -0.830. The van der Waals surface area contributed by atoms with Crippen LogP contribution in [0.2, 0.25) is 0 Å². The van der Waals surface area contributed by atoms with Crippen molar-refractivity contribution in [2.24, 2.45) is 0 Å². The normalized spacial score (nSPS) is 20.3. The summed E-state index contributed by atoms with van der Waals surface area (Å²) >= 11 is 0. The molecule has 0 spiro atoms. The molecule has 3 heteroatoms. The Morgan fingerprint density at radius 3 is 2.69 bits per heavy atom. The number of aromatic nitrogens is 2. The van der Waals surface area contributed by atoms with Gasteiger partial charge in [0.15, 0.2) is 0 Å². The van der Waals surface area contributed by atoms with Crippen LogP contribution in [0.4, 0.5) is 0 Å². The SMILES string of the molecule is CC(C)(C)c1cc2n(n1)CCOCC2(C)C.